The Kier molecular flexibility index (Phi) is 5.09. The highest BCUT2D eigenvalue weighted by molar-refractivity contribution is 5.64. The van der Waals surface area contributed by atoms with E-state index in [1.165, 1.54) is 38.9 Å². The van der Waals surface area contributed by atoms with Crippen LogP contribution < -0.4 is 11.5 Å². The Morgan fingerprint density at radius 1 is 0.552 bits per heavy atom. The highest BCUT2D eigenvalue weighted by Crippen LogP contribution is 2.37. The van der Waals surface area contributed by atoms with Crippen LogP contribution in [0.4, 0.5) is 11.4 Å². The number of aryl methyl sites for hydroxylation is 2. The molecule has 144 valence electrons. The van der Waals surface area contributed by atoms with E-state index in [4.69, 9.17) is 11.5 Å². The lowest BCUT2D eigenvalue weighted by molar-refractivity contribution is 0.950. The zero-order chi connectivity index (χ0) is 20.4. The minimum atomic E-state index is 0.126. The molecule has 2 heteroatoms. The molecular weight excluding hydrogens is 352 g/mol. The normalized spacial score (nSPS) is 11.0. The molecule has 0 atom stereocenters. The number of benzene rings is 4. The molecule has 0 aliphatic rings. The third kappa shape index (κ3) is 3.88. The lowest BCUT2D eigenvalue weighted by atomic mass is 9.80. The highest BCUT2D eigenvalue weighted by Gasteiger charge is 2.20. The Balaban J connectivity index is 1.84. The summed E-state index contributed by atoms with van der Waals surface area (Å²) in [5.74, 6) is 0.126. The first-order chi connectivity index (χ1) is 14.0. The van der Waals surface area contributed by atoms with E-state index in [1.807, 2.05) is 30.3 Å². The molecule has 0 unspecified atom stereocenters. The van der Waals surface area contributed by atoms with Gasteiger partial charge in [0.2, 0.25) is 0 Å². The lowest BCUT2D eigenvalue weighted by Crippen LogP contribution is -2.08. The quantitative estimate of drug-likeness (QED) is 0.323. The molecule has 0 bridgehead atoms. The minimum Gasteiger partial charge on any atom is -0.399 e. The van der Waals surface area contributed by atoms with Crippen molar-refractivity contribution in [1.82, 2.24) is 0 Å². The number of hydrogen-bond acceptors (Lipinski definition) is 2. The van der Waals surface area contributed by atoms with Crippen molar-refractivity contribution in [1.29, 1.82) is 0 Å². The molecule has 0 saturated carbocycles. The van der Waals surface area contributed by atoms with Gasteiger partial charge in [0, 0.05) is 17.3 Å². The summed E-state index contributed by atoms with van der Waals surface area (Å²) in [6.45, 7) is 4.26. The van der Waals surface area contributed by atoms with E-state index in [1.54, 1.807) is 0 Å². The van der Waals surface area contributed by atoms with Crippen molar-refractivity contribution in [3.8, 4) is 11.1 Å². The van der Waals surface area contributed by atoms with Crippen LogP contribution in [0.3, 0.4) is 0 Å². The Hall–Kier alpha value is -3.52. The molecule has 0 fully saturated rings. The fraction of sp³-hybridized carbons (Fsp3) is 0.111. The molecule has 0 amide bonds. The second-order valence-corrected chi connectivity index (χ2v) is 7.65. The lowest BCUT2D eigenvalue weighted by Gasteiger charge is -2.23. The first-order valence-corrected chi connectivity index (χ1v) is 9.90. The van der Waals surface area contributed by atoms with Gasteiger partial charge in [-0.05, 0) is 77.1 Å². The molecule has 4 rings (SSSR count). The van der Waals surface area contributed by atoms with Gasteiger partial charge in [-0.25, -0.2) is 0 Å². The third-order valence-corrected chi connectivity index (χ3v) is 5.56. The van der Waals surface area contributed by atoms with Crippen molar-refractivity contribution in [2.75, 3.05) is 11.5 Å². The molecule has 0 saturated heterocycles. The Bertz CT molecular complexity index is 1080. The van der Waals surface area contributed by atoms with Crippen LogP contribution in [0.1, 0.15) is 33.7 Å². The van der Waals surface area contributed by atoms with Crippen LogP contribution in [0, 0.1) is 13.8 Å². The maximum atomic E-state index is 6.02. The Labute approximate surface area is 172 Å². The number of nitrogens with two attached hydrogens (primary N) is 2. The number of rotatable bonds is 4. The average molecular weight is 379 g/mol. The van der Waals surface area contributed by atoms with Gasteiger partial charge >= 0.3 is 0 Å². The molecule has 4 aromatic rings. The summed E-state index contributed by atoms with van der Waals surface area (Å²) in [5, 5.41) is 0. The van der Waals surface area contributed by atoms with Crippen LogP contribution in [0.15, 0.2) is 91.0 Å². The molecule has 0 heterocycles. The molecule has 29 heavy (non-hydrogen) atoms. The van der Waals surface area contributed by atoms with Gasteiger partial charge < -0.3 is 11.5 Å². The summed E-state index contributed by atoms with van der Waals surface area (Å²) >= 11 is 0. The zero-order valence-electron chi connectivity index (χ0n) is 16.9. The Morgan fingerprint density at radius 2 is 1.03 bits per heavy atom. The standard InChI is InChI=1S/C27H26N2/c1-18-16-23(28)12-14-25(18)27(26-15-13-24(29)17-19(26)2)22-10-8-21(9-11-22)20-6-4-3-5-7-20/h3-17,27H,28-29H2,1-2H3. The summed E-state index contributed by atoms with van der Waals surface area (Å²) in [6.07, 6.45) is 0. The van der Waals surface area contributed by atoms with Gasteiger partial charge in [-0.2, -0.15) is 0 Å². The smallest absolute Gasteiger partial charge is 0.0345 e. The molecule has 0 radical (unpaired) electrons. The van der Waals surface area contributed by atoms with E-state index in [0.29, 0.717) is 0 Å². The van der Waals surface area contributed by atoms with Crippen LogP contribution in [-0.2, 0) is 0 Å². The van der Waals surface area contributed by atoms with Crippen LogP contribution in [0.5, 0.6) is 0 Å². The van der Waals surface area contributed by atoms with Gasteiger partial charge in [-0.15, -0.1) is 0 Å². The monoisotopic (exact) mass is 378 g/mol. The summed E-state index contributed by atoms with van der Waals surface area (Å²) in [7, 11) is 0. The van der Waals surface area contributed by atoms with Crippen LogP contribution in [-0.4, -0.2) is 0 Å². The first-order valence-electron chi connectivity index (χ1n) is 9.90. The van der Waals surface area contributed by atoms with Crippen molar-refractivity contribution in [3.05, 3.63) is 119 Å². The molecule has 0 aliphatic heterocycles. The first kappa shape index (κ1) is 18.8. The van der Waals surface area contributed by atoms with Crippen molar-refractivity contribution >= 4 is 11.4 Å². The SMILES string of the molecule is Cc1cc(N)ccc1C(c1ccc(-c2ccccc2)cc1)c1ccc(N)cc1C. The molecule has 0 aromatic heterocycles. The predicted octanol–water partition coefficient (Wildman–Crippen LogP) is 6.32. The van der Waals surface area contributed by atoms with Gasteiger partial charge in [-0.3, -0.25) is 0 Å². The van der Waals surface area contributed by atoms with Crippen molar-refractivity contribution < 1.29 is 0 Å². The average Bonchev–Trinajstić information content (AvgIpc) is 2.72. The van der Waals surface area contributed by atoms with E-state index in [9.17, 15) is 0 Å². The maximum Gasteiger partial charge on any atom is 0.0345 e. The molecule has 0 aliphatic carbocycles. The maximum absolute atomic E-state index is 6.02. The summed E-state index contributed by atoms with van der Waals surface area (Å²) < 4.78 is 0. The number of anilines is 2. The van der Waals surface area contributed by atoms with Gasteiger partial charge in [-0.1, -0.05) is 66.7 Å². The summed E-state index contributed by atoms with van der Waals surface area (Å²) in [5.41, 5.74) is 22.2. The van der Waals surface area contributed by atoms with Crippen LogP contribution >= 0.6 is 0 Å². The van der Waals surface area contributed by atoms with Crippen molar-refractivity contribution in [3.63, 3.8) is 0 Å². The molecular formula is C27H26N2. The number of hydrogen-bond donors (Lipinski definition) is 2. The van der Waals surface area contributed by atoms with Crippen LogP contribution in [0.25, 0.3) is 11.1 Å². The molecule has 4 aromatic carbocycles. The zero-order valence-corrected chi connectivity index (χ0v) is 16.9. The van der Waals surface area contributed by atoms with Crippen molar-refractivity contribution in [2.24, 2.45) is 0 Å². The van der Waals surface area contributed by atoms with Crippen LogP contribution in [0.2, 0.25) is 0 Å². The second kappa shape index (κ2) is 7.84. The molecule has 0 spiro atoms. The summed E-state index contributed by atoms with van der Waals surface area (Å²) in [4.78, 5) is 0. The molecule has 2 nitrogen and oxygen atoms in total. The molecule has 4 N–H and O–H groups in total. The van der Waals surface area contributed by atoms with E-state index in [-0.39, 0.29) is 5.92 Å². The highest BCUT2D eigenvalue weighted by atomic mass is 14.5. The third-order valence-electron chi connectivity index (χ3n) is 5.56. The predicted molar refractivity (Wildman–Crippen MR) is 124 cm³/mol. The van der Waals surface area contributed by atoms with E-state index in [2.05, 4.69) is 74.5 Å². The largest absolute Gasteiger partial charge is 0.399 e. The second-order valence-electron chi connectivity index (χ2n) is 7.65. The van der Waals surface area contributed by atoms with Gasteiger partial charge in [0.1, 0.15) is 0 Å². The van der Waals surface area contributed by atoms with E-state index < -0.39 is 0 Å². The summed E-state index contributed by atoms with van der Waals surface area (Å²) in [6, 6.07) is 31.7. The van der Waals surface area contributed by atoms with Gasteiger partial charge in [0.05, 0.1) is 0 Å². The van der Waals surface area contributed by atoms with Gasteiger partial charge in [0.25, 0.3) is 0 Å². The Morgan fingerprint density at radius 3 is 1.52 bits per heavy atom. The minimum absolute atomic E-state index is 0.126. The number of nitrogen functional groups attached to an aromatic ring is 2. The fourth-order valence-corrected chi connectivity index (χ4v) is 4.07. The topological polar surface area (TPSA) is 52.0 Å². The van der Waals surface area contributed by atoms with E-state index >= 15 is 0 Å². The van der Waals surface area contributed by atoms with E-state index in [0.717, 1.165) is 11.4 Å². The van der Waals surface area contributed by atoms with Gasteiger partial charge in [0.15, 0.2) is 0 Å². The fourth-order valence-electron chi connectivity index (χ4n) is 4.07. The van der Waals surface area contributed by atoms with Crippen molar-refractivity contribution in [2.45, 2.75) is 19.8 Å².